The Morgan fingerprint density at radius 2 is 1.65 bits per heavy atom. The van der Waals surface area contributed by atoms with Crippen molar-refractivity contribution in [2.24, 2.45) is 5.92 Å². The van der Waals surface area contributed by atoms with Crippen molar-refractivity contribution in [3.05, 3.63) is 59.7 Å². The second-order valence-corrected chi connectivity index (χ2v) is 9.43. The van der Waals surface area contributed by atoms with Crippen molar-refractivity contribution >= 4 is 18.0 Å². The van der Waals surface area contributed by atoms with Crippen LogP contribution in [-0.2, 0) is 19.1 Å². The number of carbonyl (C=O) groups excluding carboxylic acids is 2. The summed E-state index contributed by atoms with van der Waals surface area (Å²) in [5.41, 5.74) is 3.18. The van der Waals surface area contributed by atoms with Gasteiger partial charge in [0, 0.05) is 12.5 Å². The molecule has 2 aromatic rings. The zero-order chi connectivity index (χ0) is 23.9. The van der Waals surface area contributed by atoms with Crippen molar-refractivity contribution in [1.82, 2.24) is 10.6 Å². The molecule has 2 aromatic carbocycles. The largest absolute Gasteiger partial charge is 0.480 e. The minimum absolute atomic E-state index is 0.0631. The molecule has 3 atom stereocenters. The Morgan fingerprint density at radius 1 is 1.03 bits per heavy atom. The highest BCUT2D eigenvalue weighted by Gasteiger charge is 2.50. The summed E-state index contributed by atoms with van der Waals surface area (Å²) in [5, 5.41) is 15.0. The number of hydrogen-bond acceptors (Lipinski definition) is 5. The van der Waals surface area contributed by atoms with Crippen molar-refractivity contribution in [1.29, 1.82) is 0 Å². The van der Waals surface area contributed by atoms with Crippen LogP contribution in [0.4, 0.5) is 4.79 Å². The number of benzene rings is 2. The molecule has 2 amide bonds. The molecule has 0 spiro atoms. The fraction of sp³-hybridized carbons (Fsp3) is 0.423. The number of nitrogens with one attached hydrogen (secondary N) is 2. The number of carboxylic acids is 1. The predicted octanol–water partition coefficient (Wildman–Crippen LogP) is 3.05. The Kier molecular flexibility index (Phi) is 5.77. The lowest BCUT2D eigenvalue weighted by molar-refractivity contribution is -0.149. The highest BCUT2D eigenvalue weighted by molar-refractivity contribution is 5.90. The second kappa shape index (κ2) is 8.76. The summed E-state index contributed by atoms with van der Waals surface area (Å²) in [5.74, 6) is -1.75. The summed E-state index contributed by atoms with van der Waals surface area (Å²) in [7, 11) is 0. The summed E-state index contributed by atoms with van der Waals surface area (Å²) < 4.78 is 11.1. The van der Waals surface area contributed by atoms with Crippen LogP contribution in [0, 0.1) is 5.92 Å². The van der Waals surface area contributed by atoms with E-state index in [-0.39, 0.29) is 18.4 Å². The molecular weight excluding hydrogens is 436 g/mol. The monoisotopic (exact) mass is 464 g/mol. The number of ether oxygens (including phenoxy) is 2. The third-order valence-corrected chi connectivity index (χ3v) is 7.22. The van der Waals surface area contributed by atoms with Crippen molar-refractivity contribution in [2.75, 3.05) is 13.2 Å². The number of carbonyl (C=O) groups is 3. The molecule has 34 heavy (non-hydrogen) atoms. The molecule has 1 aliphatic heterocycles. The standard InChI is InChI=1S/C26H28N2O6/c1-26(24(30)31,15-10-11-15)28-23(29)22-21(12-13-33-22)27-25(32)34-14-20-18-8-4-2-6-16(18)17-7-3-5-9-19(17)20/h2-9,15,20-22H,10-14H2,1H3,(H,27,32)(H,28,29)(H,30,31)/t21-,22+,26?/m1/s1. The molecule has 2 aliphatic carbocycles. The first kappa shape index (κ1) is 22.4. The molecule has 1 saturated carbocycles. The van der Waals surface area contributed by atoms with Gasteiger partial charge in [-0.05, 0) is 54.4 Å². The molecule has 2 fully saturated rings. The van der Waals surface area contributed by atoms with Crippen LogP contribution >= 0.6 is 0 Å². The van der Waals surface area contributed by atoms with E-state index in [1.807, 2.05) is 36.4 Å². The number of aliphatic carboxylic acids is 1. The molecule has 8 heteroatoms. The van der Waals surface area contributed by atoms with Crippen molar-refractivity contribution in [2.45, 2.75) is 49.8 Å². The lowest BCUT2D eigenvalue weighted by Crippen LogP contribution is -2.59. The topological polar surface area (TPSA) is 114 Å². The Morgan fingerprint density at radius 3 is 2.24 bits per heavy atom. The SMILES string of the molecule is CC(NC(=O)[C@H]1OCC[C@H]1NC(=O)OCC1c2ccccc2-c2ccccc21)(C(=O)O)C1CC1. The van der Waals surface area contributed by atoms with Crippen LogP contribution in [0.5, 0.6) is 0 Å². The van der Waals surface area contributed by atoms with E-state index in [0.717, 1.165) is 35.1 Å². The summed E-state index contributed by atoms with van der Waals surface area (Å²) >= 11 is 0. The van der Waals surface area contributed by atoms with Gasteiger partial charge in [0.1, 0.15) is 12.1 Å². The van der Waals surface area contributed by atoms with Crippen LogP contribution in [0.2, 0.25) is 0 Å². The number of hydrogen-bond donors (Lipinski definition) is 3. The fourth-order valence-electron chi connectivity index (χ4n) is 5.11. The van der Waals surface area contributed by atoms with Crippen LogP contribution in [0.3, 0.4) is 0 Å². The maximum Gasteiger partial charge on any atom is 0.407 e. The van der Waals surface area contributed by atoms with E-state index in [9.17, 15) is 19.5 Å². The van der Waals surface area contributed by atoms with E-state index in [0.29, 0.717) is 13.0 Å². The van der Waals surface area contributed by atoms with E-state index in [2.05, 4.69) is 22.8 Å². The molecule has 1 heterocycles. The maximum atomic E-state index is 12.8. The van der Waals surface area contributed by atoms with Crippen LogP contribution < -0.4 is 10.6 Å². The number of fused-ring (bicyclic) bond motifs is 3. The van der Waals surface area contributed by atoms with Gasteiger partial charge < -0.3 is 25.2 Å². The van der Waals surface area contributed by atoms with Crippen LogP contribution in [0.1, 0.15) is 43.2 Å². The lowest BCUT2D eigenvalue weighted by atomic mass is 9.95. The average molecular weight is 465 g/mol. The molecular formula is C26H28N2O6. The summed E-state index contributed by atoms with van der Waals surface area (Å²) in [6.45, 7) is 1.98. The third kappa shape index (κ3) is 4.03. The highest BCUT2D eigenvalue weighted by atomic mass is 16.6. The Balaban J connectivity index is 1.21. The van der Waals surface area contributed by atoms with E-state index < -0.39 is 35.7 Å². The summed E-state index contributed by atoms with van der Waals surface area (Å²) in [6.07, 6.45) is 0.373. The Bertz CT molecular complexity index is 1080. The van der Waals surface area contributed by atoms with Gasteiger partial charge in [0.25, 0.3) is 5.91 Å². The first-order valence-corrected chi connectivity index (χ1v) is 11.7. The third-order valence-electron chi connectivity index (χ3n) is 7.22. The molecule has 5 rings (SSSR count). The molecule has 178 valence electrons. The summed E-state index contributed by atoms with van der Waals surface area (Å²) in [6, 6.07) is 15.6. The molecule has 0 bridgehead atoms. The zero-order valence-electron chi connectivity index (χ0n) is 19.0. The molecule has 3 N–H and O–H groups in total. The molecule has 3 aliphatic rings. The van der Waals surface area contributed by atoms with Crippen molar-refractivity contribution in [3.63, 3.8) is 0 Å². The number of rotatable bonds is 7. The van der Waals surface area contributed by atoms with Crippen LogP contribution in [-0.4, -0.2) is 54.0 Å². The Hall–Kier alpha value is -3.39. The molecule has 0 radical (unpaired) electrons. The van der Waals surface area contributed by atoms with Gasteiger partial charge >= 0.3 is 12.1 Å². The quantitative estimate of drug-likeness (QED) is 0.580. The fourth-order valence-corrected chi connectivity index (χ4v) is 5.11. The second-order valence-electron chi connectivity index (χ2n) is 9.43. The van der Waals surface area contributed by atoms with Gasteiger partial charge in [0.05, 0.1) is 6.04 Å². The number of amides is 2. The summed E-state index contributed by atoms with van der Waals surface area (Å²) in [4.78, 5) is 37.2. The predicted molar refractivity (Wildman–Crippen MR) is 123 cm³/mol. The van der Waals surface area contributed by atoms with Crippen LogP contribution in [0.15, 0.2) is 48.5 Å². The van der Waals surface area contributed by atoms with Gasteiger partial charge in [-0.15, -0.1) is 0 Å². The lowest BCUT2D eigenvalue weighted by Gasteiger charge is -2.29. The van der Waals surface area contributed by atoms with E-state index in [1.54, 1.807) is 0 Å². The molecule has 1 saturated heterocycles. The first-order valence-electron chi connectivity index (χ1n) is 11.7. The van der Waals surface area contributed by atoms with Gasteiger partial charge in [-0.2, -0.15) is 0 Å². The normalized spacial score (nSPS) is 22.9. The minimum Gasteiger partial charge on any atom is -0.480 e. The molecule has 1 unspecified atom stereocenters. The smallest absolute Gasteiger partial charge is 0.407 e. The van der Waals surface area contributed by atoms with E-state index in [4.69, 9.17) is 9.47 Å². The molecule has 0 aromatic heterocycles. The van der Waals surface area contributed by atoms with Gasteiger partial charge in [0.15, 0.2) is 6.10 Å². The maximum absolute atomic E-state index is 12.8. The number of carboxylic acid groups (broad SMARTS) is 1. The van der Waals surface area contributed by atoms with Gasteiger partial charge in [-0.25, -0.2) is 9.59 Å². The van der Waals surface area contributed by atoms with E-state index >= 15 is 0 Å². The van der Waals surface area contributed by atoms with Gasteiger partial charge in [-0.1, -0.05) is 48.5 Å². The molecule has 8 nitrogen and oxygen atoms in total. The minimum atomic E-state index is -1.34. The zero-order valence-corrected chi connectivity index (χ0v) is 19.0. The highest BCUT2D eigenvalue weighted by Crippen LogP contribution is 2.44. The van der Waals surface area contributed by atoms with Gasteiger partial charge in [-0.3, -0.25) is 4.79 Å². The van der Waals surface area contributed by atoms with Crippen LogP contribution in [0.25, 0.3) is 11.1 Å². The van der Waals surface area contributed by atoms with Crippen molar-refractivity contribution in [3.8, 4) is 11.1 Å². The number of alkyl carbamates (subject to hydrolysis) is 1. The Labute approximate surface area is 197 Å². The van der Waals surface area contributed by atoms with E-state index in [1.165, 1.54) is 6.92 Å². The average Bonchev–Trinajstić information content (AvgIpc) is 3.51. The van der Waals surface area contributed by atoms with Gasteiger partial charge in [0.2, 0.25) is 0 Å². The first-order chi connectivity index (χ1) is 16.4. The van der Waals surface area contributed by atoms with Crippen molar-refractivity contribution < 1.29 is 29.0 Å².